The maximum absolute atomic E-state index is 8.81. The number of hydrogen-bond donors (Lipinski definition) is 2. The quantitative estimate of drug-likeness (QED) is 0.604. The van der Waals surface area contributed by atoms with Gasteiger partial charge in [-0.15, -0.1) is 6.58 Å². The lowest BCUT2D eigenvalue weighted by molar-refractivity contribution is 0.448. The van der Waals surface area contributed by atoms with E-state index >= 15 is 0 Å². The van der Waals surface area contributed by atoms with Crippen molar-refractivity contribution >= 4 is 0 Å². The first-order valence-corrected chi connectivity index (χ1v) is 2.89. The molecule has 0 aliphatic rings. The Bertz CT molecular complexity index is 229. The zero-order valence-electron chi connectivity index (χ0n) is 5.45. The van der Waals surface area contributed by atoms with Gasteiger partial charge in [0.15, 0.2) is 5.75 Å². The highest BCUT2D eigenvalue weighted by Gasteiger charge is 2.05. The molecule has 0 aromatic carbocycles. The number of furan rings is 1. The van der Waals surface area contributed by atoms with Gasteiger partial charge in [-0.3, -0.25) is 0 Å². The average molecular weight is 139 g/mol. The van der Waals surface area contributed by atoms with Gasteiger partial charge < -0.3 is 15.3 Å². The topological polar surface area (TPSA) is 59.4 Å². The van der Waals surface area contributed by atoms with Gasteiger partial charge >= 0.3 is 0 Å². The molecule has 0 spiro atoms. The van der Waals surface area contributed by atoms with Gasteiger partial charge in [-0.05, 0) is 0 Å². The molecule has 3 heteroatoms. The van der Waals surface area contributed by atoms with Gasteiger partial charge in [0.1, 0.15) is 12.0 Å². The van der Waals surface area contributed by atoms with Gasteiger partial charge in [0.05, 0.1) is 6.04 Å². The van der Waals surface area contributed by atoms with Gasteiger partial charge in [0.25, 0.3) is 0 Å². The van der Waals surface area contributed by atoms with Gasteiger partial charge in [-0.2, -0.15) is 0 Å². The summed E-state index contributed by atoms with van der Waals surface area (Å²) in [6, 6.07) is 1.13. The Kier molecular flexibility index (Phi) is 1.78. The molecular formula is C7H9NO2. The second-order valence-electron chi connectivity index (χ2n) is 1.97. The number of rotatable bonds is 2. The van der Waals surface area contributed by atoms with E-state index in [-0.39, 0.29) is 11.8 Å². The van der Waals surface area contributed by atoms with Crippen LogP contribution in [-0.4, -0.2) is 5.11 Å². The summed E-state index contributed by atoms with van der Waals surface area (Å²) in [7, 11) is 0. The Morgan fingerprint density at radius 3 is 2.90 bits per heavy atom. The summed E-state index contributed by atoms with van der Waals surface area (Å²) in [6.07, 6.45) is 2.77. The van der Waals surface area contributed by atoms with E-state index in [4.69, 9.17) is 15.3 Å². The minimum absolute atomic E-state index is 0.0901. The normalized spacial score (nSPS) is 12.9. The molecule has 0 radical (unpaired) electrons. The average Bonchev–Trinajstić information content (AvgIpc) is 2.34. The van der Waals surface area contributed by atoms with E-state index in [1.807, 2.05) is 0 Å². The maximum Gasteiger partial charge on any atom is 0.154 e. The molecule has 0 unspecified atom stereocenters. The maximum atomic E-state index is 8.81. The molecule has 10 heavy (non-hydrogen) atoms. The van der Waals surface area contributed by atoms with Gasteiger partial charge in [-0.1, -0.05) is 6.08 Å². The minimum Gasteiger partial charge on any atom is -0.505 e. The molecule has 1 aromatic heterocycles. The second-order valence-corrected chi connectivity index (χ2v) is 1.97. The van der Waals surface area contributed by atoms with Crippen molar-refractivity contribution in [2.45, 2.75) is 6.04 Å². The van der Waals surface area contributed by atoms with Crippen molar-refractivity contribution in [3.63, 3.8) is 0 Å². The van der Waals surface area contributed by atoms with E-state index in [1.165, 1.54) is 18.4 Å². The Labute approximate surface area is 58.8 Å². The number of aromatic hydroxyl groups is 1. The zero-order chi connectivity index (χ0) is 7.56. The SMILES string of the molecule is C=C[C@@H](N)c1cc(O)co1. The van der Waals surface area contributed by atoms with E-state index in [1.54, 1.807) is 0 Å². The van der Waals surface area contributed by atoms with Crippen LogP contribution >= 0.6 is 0 Å². The predicted octanol–water partition coefficient (Wildman–Crippen LogP) is 1.17. The lowest BCUT2D eigenvalue weighted by Crippen LogP contribution is -2.04. The summed E-state index contributed by atoms with van der Waals surface area (Å²) >= 11 is 0. The molecule has 54 valence electrons. The second kappa shape index (κ2) is 2.58. The molecule has 1 aromatic rings. The van der Waals surface area contributed by atoms with Crippen molar-refractivity contribution in [3.05, 3.63) is 30.7 Å². The third-order valence-corrected chi connectivity index (χ3v) is 1.19. The lowest BCUT2D eigenvalue weighted by atomic mass is 10.2. The fraction of sp³-hybridized carbons (Fsp3) is 0.143. The van der Waals surface area contributed by atoms with Crippen molar-refractivity contribution in [1.29, 1.82) is 0 Å². The summed E-state index contributed by atoms with van der Waals surface area (Å²) in [5.74, 6) is 0.611. The van der Waals surface area contributed by atoms with Crippen LogP contribution in [0.15, 0.2) is 29.4 Å². The summed E-state index contributed by atoms with van der Waals surface area (Å²) in [4.78, 5) is 0. The van der Waals surface area contributed by atoms with Crippen molar-refractivity contribution < 1.29 is 9.52 Å². The van der Waals surface area contributed by atoms with E-state index < -0.39 is 0 Å². The molecule has 0 saturated carbocycles. The van der Waals surface area contributed by atoms with Crippen molar-refractivity contribution in [2.24, 2.45) is 5.73 Å². The zero-order valence-corrected chi connectivity index (χ0v) is 5.45. The smallest absolute Gasteiger partial charge is 0.154 e. The third kappa shape index (κ3) is 1.19. The largest absolute Gasteiger partial charge is 0.505 e. The van der Waals surface area contributed by atoms with Crippen LogP contribution in [0.3, 0.4) is 0 Å². The van der Waals surface area contributed by atoms with E-state index in [9.17, 15) is 0 Å². The molecule has 0 bridgehead atoms. The summed E-state index contributed by atoms with van der Waals surface area (Å²) in [6.45, 7) is 3.48. The first kappa shape index (κ1) is 6.89. The third-order valence-electron chi connectivity index (χ3n) is 1.19. The van der Waals surface area contributed by atoms with E-state index in [0.29, 0.717) is 5.76 Å². The van der Waals surface area contributed by atoms with Crippen LogP contribution in [0, 0.1) is 0 Å². The fourth-order valence-corrected chi connectivity index (χ4v) is 0.633. The molecule has 1 heterocycles. The van der Waals surface area contributed by atoms with Crippen LogP contribution in [-0.2, 0) is 0 Å². The molecule has 0 fully saturated rings. The van der Waals surface area contributed by atoms with Crippen LogP contribution in [0.2, 0.25) is 0 Å². The molecule has 0 aliphatic carbocycles. The highest BCUT2D eigenvalue weighted by atomic mass is 16.4. The standard InChI is InChI=1S/C7H9NO2/c1-2-6(8)7-3-5(9)4-10-7/h2-4,6,9H,1,8H2/t6-/m1/s1. The monoisotopic (exact) mass is 139 g/mol. The van der Waals surface area contributed by atoms with E-state index in [0.717, 1.165) is 0 Å². The Balaban J connectivity index is 2.84. The molecule has 3 nitrogen and oxygen atoms in total. The van der Waals surface area contributed by atoms with Crippen molar-refractivity contribution in [1.82, 2.24) is 0 Å². The molecule has 0 saturated heterocycles. The van der Waals surface area contributed by atoms with Gasteiger partial charge in [0, 0.05) is 6.07 Å². The van der Waals surface area contributed by atoms with Crippen LogP contribution in [0.25, 0.3) is 0 Å². The van der Waals surface area contributed by atoms with Crippen molar-refractivity contribution in [2.75, 3.05) is 0 Å². The molecule has 1 rings (SSSR count). The molecule has 3 N–H and O–H groups in total. The Hall–Kier alpha value is -1.22. The highest BCUT2D eigenvalue weighted by Crippen LogP contribution is 2.18. The highest BCUT2D eigenvalue weighted by molar-refractivity contribution is 5.21. The molecule has 0 aliphatic heterocycles. The summed E-state index contributed by atoms with van der Waals surface area (Å²) in [5.41, 5.74) is 5.48. The first-order valence-electron chi connectivity index (χ1n) is 2.89. The van der Waals surface area contributed by atoms with Crippen LogP contribution < -0.4 is 5.73 Å². The summed E-state index contributed by atoms with van der Waals surface area (Å²) < 4.78 is 4.87. The first-order chi connectivity index (χ1) is 4.74. The molecule has 1 atom stereocenters. The molecule has 0 amide bonds. The number of nitrogens with two attached hydrogens (primary N) is 1. The lowest BCUT2D eigenvalue weighted by Gasteiger charge is -1.97. The fourth-order valence-electron chi connectivity index (χ4n) is 0.633. The number of hydrogen-bond acceptors (Lipinski definition) is 3. The summed E-state index contributed by atoms with van der Waals surface area (Å²) in [5, 5.41) is 8.81. The van der Waals surface area contributed by atoms with Crippen LogP contribution in [0.1, 0.15) is 11.8 Å². The van der Waals surface area contributed by atoms with Crippen molar-refractivity contribution in [3.8, 4) is 5.75 Å². The van der Waals surface area contributed by atoms with Gasteiger partial charge in [-0.25, -0.2) is 0 Å². The van der Waals surface area contributed by atoms with Gasteiger partial charge in [0.2, 0.25) is 0 Å². The molecular weight excluding hydrogens is 130 g/mol. The Morgan fingerprint density at radius 1 is 1.80 bits per heavy atom. The minimum atomic E-state index is -0.333. The van der Waals surface area contributed by atoms with E-state index in [2.05, 4.69) is 6.58 Å². The van der Waals surface area contributed by atoms with Crippen LogP contribution in [0.5, 0.6) is 5.75 Å². The predicted molar refractivity (Wildman–Crippen MR) is 37.5 cm³/mol. The Morgan fingerprint density at radius 2 is 2.50 bits per heavy atom. The van der Waals surface area contributed by atoms with Crippen LogP contribution in [0.4, 0.5) is 0 Å².